The molecule has 0 bridgehead atoms. The van der Waals surface area contributed by atoms with Gasteiger partial charge in [0, 0.05) is 11.1 Å². The van der Waals surface area contributed by atoms with Crippen LogP contribution in [0.2, 0.25) is 0 Å². The van der Waals surface area contributed by atoms with E-state index < -0.39 is 0 Å². The van der Waals surface area contributed by atoms with Crippen molar-refractivity contribution in [3.8, 4) is 0 Å². The van der Waals surface area contributed by atoms with E-state index in [-0.39, 0.29) is 24.0 Å². The van der Waals surface area contributed by atoms with Crippen LogP contribution in [0, 0.1) is 6.92 Å². The van der Waals surface area contributed by atoms with Crippen molar-refractivity contribution in [2.45, 2.75) is 13.3 Å². The third-order valence-corrected chi connectivity index (χ3v) is 4.00. The highest BCUT2D eigenvalue weighted by atomic mass is 32.1. The monoisotopic (exact) mass is 341 g/mol. The number of hydrogen-bond donors (Lipinski definition) is 2. The van der Waals surface area contributed by atoms with Crippen LogP contribution in [0.1, 0.15) is 21.8 Å². The second kappa shape index (κ2) is 7.10. The summed E-state index contributed by atoms with van der Waals surface area (Å²) in [5.41, 5.74) is 2.47. The molecule has 24 heavy (non-hydrogen) atoms. The highest BCUT2D eigenvalue weighted by Crippen LogP contribution is 2.17. The maximum Gasteiger partial charge on any atom is 0.293 e. The van der Waals surface area contributed by atoms with E-state index in [0.29, 0.717) is 10.8 Å². The Labute approximate surface area is 142 Å². The summed E-state index contributed by atoms with van der Waals surface area (Å²) in [6, 6.07) is 10.8. The van der Waals surface area contributed by atoms with E-state index in [1.165, 1.54) is 17.6 Å². The summed E-state index contributed by atoms with van der Waals surface area (Å²) >= 11 is 1.26. The van der Waals surface area contributed by atoms with E-state index >= 15 is 0 Å². The zero-order valence-electron chi connectivity index (χ0n) is 12.9. The van der Waals surface area contributed by atoms with E-state index in [9.17, 15) is 9.59 Å². The first-order valence-electron chi connectivity index (χ1n) is 7.26. The fraction of sp³-hybridized carbons (Fsp3) is 0.118. The Morgan fingerprint density at radius 1 is 1.17 bits per heavy atom. The Morgan fingerprint density at radius 2 is 1.96 bits per heavy atom. The fourth-order valence-corrected chi connectivity index (χ4v) is 2.72. The lowest BCUT2D eigenvalue weighted by Gasteiger charge is -2.04. The predicted octanol–water partition coefficient (Wildman–Crippen LogP) is 3.48. The van der Waals surface area contributed by atoms with Crippen LogP contribution in [0.5, 0.6) is 0 Å². The van der Waals surface area contributed by atoms with Crippen LogP contribution in [0.25, 0.3) is 0 Å². The normalized spacial score (nSPS) is 10.4. The van der Waals surface area contributed by atoms with E-state index in [4.69, 9.17) is 4.42 Å². The maximum absolute atomic E-state index is 12.0. The molecular formula is C17H15N3O3S. The molecule has 0 aliphatic heterocycles. The minimum absolute atomic E-state index is 0.140. The molecule has 2 N–H and O–H groups in total. The number of rotatable bonds is 5. The average molecular weight is 341 g/mol. The molecule has 3 rings (SSSR count). The minimum atomic E-state index is -0.370. The van der Waals surface area contributed by atoms with Crippen LogP contribution < -0.4 is 10.6 Å². The van der Waals surface area contributed by atoms with Gasteiger partial charge in [-0.3, -0.25) is 14.9 Å². The van der Waals surface area contributed by atoms with Gasteiger partial charge in [-0.1, -0.05) is 17.7 Å². The molecule has 0 saturated heterocycles. The lowest BCUT2D eigenvalue weighted by Crippen LogP contribution is -2.15. The van der Waals surface area contributed by atoms with Gasteiger partial charge in [-0.2, -0.15) is 0 Å². The molecule has 0 fully saturated rings. The van der Waals surface area contributed by atoms with Crippen molar-refractivity contribution in [3.63, 3.8) is 0 Å². The Hall–Kier alpha value is -2.93. The second-order valence-electron chi connectivity index (χ2n) is 5.17. The quantitative estimate of drug-likeness (QED) is 0.744. The number of carbonyl (C=O) groups excluding carboxylic acids is 2. The zero-order valence-corrected chi connectivity index (χ0v) is 13.7. The second-order valence-corrected chi connectivity index (χ2v) is 6.02. The first-order chi connectivity index (χ1) is 11.6. The predicted molar refractivity (Wildman–Crippen MR) is 92.3 cm³/mol. The van der Waals surface area contributed by atoms with Crippen molar-refractivity contribution in [1.29, 1.82) is 0 Å². The third-order valence-electron chi connectivity index (χ3n) is 3.19. The van der Waals surface area contributed by atoms with E-state index in [1.54, 1.807) is 17.5 Å². The van der Waals surface area contributed by atoms with Crippen LogP contribution in [0.3, 0.4) is 0 Å². The molecule has 0 aliphatic carbocycles. The Balaban J connectivity index is 1.56. The molecule has 0 saturated carbocycles. The summed E-state index contributed by atoms with van der Waals surface area (Å²) in [6.07, 6.45) is 1.57. The molecule has 0 radical (unpaired) electrons. The molecule has 0 unspecified atom stereocenters. The number of furan rings is 1. The van der Waals surface area contributed by atoms with E-state index in [2.05, 4.69) is 15.6 Å². The first kappa shape index (κ1) is 15.9. The summed E-state index contributed by atoms with van der Waals surface area (Å²) in [5, 5.41) is 7.62. The van der Waals surface area contributed by atoms with Crippen molar-refractivity contribution in [2.24, 2.45) is 0 Å². The highest BCUT2D eigenvalue weighted by molar-refractivity contribution is 7.14. The molecule has 0 atom stereocenters. The van der Waals surface area contributed by atoms with Gasteiger partial charge in [0.1, 0.15) is 0 Å². The maximum atomic E-state index is 12.0. The third kappa shape index (κ3) is 4.08. The number of hydrogen-bond acceptors (Lipinski definition) is 5. The van der Waals surface area contributed by atoms with Gasteiger partial charge in [0.2, 0.25) is 5.91 Å². The van der Waals surface area contributed by atoms with Crippen molar-refractivity contribution in [3.05, 3.63) is 65.1 Å². The smallest absolute Gasteiger partial charge is 0.293 e. The summed E-state index contributed by atoms with van der Waals surface area (Å²) < 4.78 is 5.01. The SMILES string of the molecule is Cc1ccc(NC(=O)Cc2csc(NC(=O)c3ccco3)n2)cc1. The molecule has 1 aromatic carbocycles. The van der Waals surface area contributed by atoms with E-state index in [1.807, 2.05) is 31.2 Å². The highest BCUT2D eigenvalue weighted by Gasteiger charge is 2.13. The molecule has 2 heterocycles. The summed E-state index contributed by atoms with van der Waals surface area (Å²) in [6.45, 7) is 1.99. The number of benzene rings is 1. The van der Waals surface area contributed by atoms with Gasteiger partial charge < -0.3 is 9.73 Å². The van der Waals surface area contributed by atoms with Crippen LogP contribution >= 0.6 is 11.3 Å². The lowest BCUT2D eigenvalue weighted by molar-refractivity contribution is -0.115. The molecule has 0 aliphatic rings. The van der Waals surface area contributed by atoms with Crippen molar-refractivity contribution >= 4 is 34.0 Å². The van der Waals surface area contributed by atoms with Gasteiger partial charge >= 0.3 is 0 Å². The largest absolute Gasteiger partial charge is 0.459 e. The first-order valence-corrected chi connectivity index (χ1v) is 8.14. The standard InChI is InChI=1S/C17H15N3O3S/c1-11-4-6-12(7-5-11)18-15(21)9-13-10-24-17(19-13)20-16(22)14-3-2-8-23-14/h2-8,10H,9H2,1H3,(H,18,21)(H,19,20,22). The summed E-state index contributed by atoms with van der Waals surface area (Å²) in [4.78, 5) is 28.1. The average Bonchev–Trinajstić information content (AvgIpc) is 3.21. The number of amides is 2. The minimum Gasteiger partial charge on any atom is -0.459 e. The number of thiazole rings is 1. The fourth-order valence-electron chi connectivity index (χ4n) is 2.02. The van der Waals surface area contributed by atoms with Gasteiger partial charge in [0.05, 0.1) is 18.4 Å². The molecular weight excluding hydrogens is 326 g/mol. The summed E-state index contributed by atoms with van der Waals surface area (Å²) in [7, 11) is 0. The van der Waals surface area contributed by atoms with Crippen LogP contribution in [0.15, 0.2) is 52.5 Å². The lowest BCUT2D eigenvalue weighted by atomic mass is 10.2. The van der Waals surface area contributed by atoms with Crippen molar-refractivity contribution < 1.29 is 14.0 Å². The Bertz CT molecular complexity index is 838. The van der Waals surface area contributed by atoms with Gasteiger partial charge in [-0.15, -0.1) is 11.3 Å². The molecule has 7 heteroatoms. The summed E-state index contributed by atoms with van der Waals surface area (Å²) in [5.74, 6) is -0.318. The van der Waals surface area contributed by atoms with Gasteiger partial charge in [0.25, 0.3) is 5.91 Å². The van der Waals surface area contributed by atoms with Crippen LogP contribution in [-0.2, 0) is 11.2 Å². The molecule has 2 aromatic heterocycles. The Morgan fingerprint density at radius 3 is 2.67 bits per heavy atom. The van der Waals surface area contributed by atoms with Gasteiger partial charge in [-0.05, 0) is 31.2 Å². The molecule has 122 valence electrons. The van der Waals surface area contributed by atoms with Crippen LogP contribution in [0.4, 0.5) is 10.8 Å². The number of anilines is 2. The van der Waals surface area contributed by atoms with E-state index in [0.717, 1.165) is 11.3 Å². The molecule has 3 aromatic rings. The number of aryl methyl sites for hydroxylation is 1. The zero-order chi connectivity index (χ0) is 16.9. The van der Waals surface area contributed by atoms with Gasteiger partial charge in [0.15, 0.2) is 10.9 Å². The molecule has 2 amide bonds. The Kier molecular flexibility index (Phi) is 4.72. The van der Waals surface area contributed by atoms with Crippen molar-refractivity contribution in [1.82, 2.24) is 4.98 Å². The number of nitrogens with one attached hydrogen (secondary N) is 2. The van der Waals surface area contributed by atoms with Crippen LogP contribution in [-0.4, -0.2) is 16.8 Å². The molecule has 0 spiro atoms. The van der Waals surface area contributed by atoms with Gasteiger partial charge in [-0.25, -0.2) is 4.98 Å². The topological polar surface area (TPSA) is 84.2 Å². The van der Waals surface area contributed by atoms with Crippen molar-refractivity contribution in [2.75, 3.05) is 10.6 Å². The molecule has 6 nitrogen and oxygen atoms in total. The number of aromatic nitrogens is 1. The number of carbonyl (C=O) groups is 2. The number of nitrogens with zero attached hydrogens (tertiary/aromatic N) is 1.